The van der Waals surface area contributed by atoms with Crippen molar-refractivity contribution in [2.45, 2.75) is 23.4 Å². The number of rotatable bonds is 5. The Balaban J connectivity index is 2.50. The second kappa shape index (κ2) is 7.63. The first-order valence-corrected chi connectivity index (χ1v) is 6.61. The molecule has 1 atom stereocenters. The van der Waals surface area contributed by atoms with Crippen molar-refractivity contribution in [1.29, 1.82) is 0 Å². The third-order valence-electron chi connectivity index (χ3n) is 2.04. The van der Waals surface area contributed by atoms with Crippen LogP contribution in [-0.2, 0) is 20.7 Å². The molecule has 0 bridgehead atoms. The summed E-state index contributed by atoms with van der Waals surface area (Å²) < 4.78 is 8.03. The summed E-state index contributed by atoms with van der Waals surface area (Å²) in [5.41, 5.74) is 1.11. The fourth-order valence-electron chi connectivity index (χ4n) is 1.25. The molecule has 0 heterocycles. The Morgan fingerprint density at radius 1 is 1.32 bits per heavy atom. The summed E-state index contributed by atoms with van der Waals surface area (Å²) in [6, 6.07) is 9.76. The van der Waals surface area contributed by atoms with E-state index in [0.29, 0.717) is 6.42 Å². The van der Waals surface area contributed by atoms with E-state index in [0.717, 1.165) is 5.56 Å². The predicted octanol–water partition coefficient (Wildman–Crippen LogP) is 4.02. The molecule has 0 aliphatic heterocycles. The quantitative estimate of drug-likeness (QED) is 0.355. The number of hydrogen-bond acceptors (Lipinski definition) is 3. The van der Waals surface area contributed by atoms with Gasteiger partial charge in [0.25, 0.3) is 10.1 Å². The van der Waals surface area contributed by atoms with Gasteiger partial charge in [0.15, 0.2) is 0 Å². The van der Waals surface area contributed by atoms with Gasteiger partial charge in [0, 0.05) is 6.92 Å². The Morgan fingerprint density at radius 3 is 2.47 bits per heavy atom. The van der Waals surface area contributed by atoms with Crippen LogP contribution < -0.4 is 0 Å². The van der Waals surface area contributed by atoms with Crippen molar-refractivity contribution in [1.82, 2.24) is 0 Å². The van der Waals surface area contributed by atoms with Crippen LogP contribution in [0.4, 0.5) is 0 Å². The minimum Gasteiger partial charge on any atom is -0.458 e. The van der Waals surface area contributed by atoms with Gasteiger partial charge in [-0.1, -0.05) is 65.1 Å². The first-order chi connectivity index (χ1) is 8.89. The monoisotopic (exact) mass is 322 g/mol. The van der Waals surface area contributed by atoms with Crippen LogP contribution in [-0.4, -0.2) is 16.1 Å². The number of allylic oxidation sites excluding steroid dienone is 1. The number of ether oxygens (including phenoxy) is 2. The highest BCUT2D eigenvalue weighted by atomic mass is 35.6. The average Bonchev–Trinajstić information content (AvgIpc) is 2.32. The molecule has 0 saturated carbocycles. The van der Waals surface area contributed by atoms with Crippen LogP contribution in [0.1, 0.15) is 12.5 Å². The van der Waals surface area contributed by atoms with E-state index >= 15 is 0 Å². The van der Waals surface area contributed by atoms with Crippen molar-refractivity contribution in [3.8, 4) is 0 Å². The first kappa shape index (κ1) is 16.2. The lowest BCUT2D eigenvalue weighted by molar-refractivity contribution is -0.165. The molecule has 0 N–H and O–H groups in total. The smallest absolute Gasteiger partial charge is 0.305 e. The van der Waals surface area contributed by atoms with Gasteiger partial charge in [-0.05, 0) is 18.1 Å². The van der Waals surface area contributed by atoms with Crippen LogP contribution >= 0.6 is 34.8 Å². The van der Waals surface area contributed by atoms with E-state index < -0.39 is 16.1 Å². The Hall–Kier alpha value is -0.900. The van der Waals surface area contributed by atoms with Gasteiger partial charge in [0.05, 0.1) is 6.26 Å². The Morgan fingerprint density at radius 2 is 1.95 bits per heavy atom. The van der Waals surface area contributed by atoms with Crippen LogP contribution in [0.25, 0.3) is 0 Å². The van der Waals surface area contributed by atoms with Crippen LogP contribution in [0.2, 0.25) is 0 Å². The molecular weight excluding hydrogens is 310 g/mol. The summed E-state index contributed by atoms with van der Waals surface area (Å²) in [7, 11) is 0. The van der Waals surface area contributed by atoms with E-state index in [-0.39, 0.29) is 0 Å². The second-order valence-electron chi connectivity index (χ2n) is 3.68. The van der Waals surface area contributed by atoms with Crippen LogP contribution in [0.3, 0.4) is 0 Å². The third kappa shape index (κ3) is 6.71. The number of esters is 1. The van der Waals surface area contributed by atoms with Crippen LogP contribution in [0.5, 0.6) is 0 Å². The summed E-state index contributed by atoms with van der Waals surface area (Å²) in [5.74, 6) is -0.590. The van der Waals surface area contributed by atoms with Gasteiger partial charge in [0.1, 0.15) is 0 Å². The second-order valence-corrected chi connectivity index (χ2v) is 6.05. The van der Waals surface area contributed by atoms with Gasteiger partial charge in [-0.3, -0.25) is 4.79 Å². The molecule has 0 fully saturated rings. The molecule has 1 rings (SSSR count). The standard InChI is InChI=1S/C13H13Cl3O3/c1-10(17)19-12(13(14,15)16)18-9-5-8-11-6-3-2-4-7-11/h2-7,9,12H,8H2,1H3/b9-5+. The average molecular weight is 324 g/mol. The van der Waals surface area contributed by atoms with Gasteiger partial charge in [0.2, 0.25) is 0 Å². The zero-order valence-corrected chi connectivity index (χ0v) is 12.5. The first-order valence-electron chi connectivity index (χ1n) is 5.48. The molecule has 104 valence electrons. The molecule has 3 nitrogen and oxygen atoms in total. The van der Waals surface area contributed by atoms with Crippen molar-refractivity contribution in [2.75, 3.05) is 0 Å². The topological polar surface area (TPSA) is 35.5 Å². The molecule has 6 heteroatoms. The molecule has 0 aromatic heterocycles. The van der Waals surface area contributed by atoms with Gasteiger partial charge in [-0.25, -0.2) is 0 Å². The Labute approximate surface area is 127 Å². The van der Waals surface area contributed by atoms with Crippen molar-refractivity contribution in [2.24, 2.45) is 0 Å². The van der Waals surface area contributed by atoms with E-state index in [1.54, 1.807) is 6.08 Å². The predicted molar refractivity (Wildman–Crippen MR) is 76.2 cm³/mol. The molecule has 1 unspecified atom stereocenters. The van der Waals surface area contributed by atoms with Crippen molar-refractivity contribution < 1.29 is 14.3 Å². The molecule has 0 amide bonds. The minimum absolute atomic E-state index is 0.590. The number of halogens is 3. The number of hydrogen-bond donors (Lipinski definition) is 0. The maximum atomic E-state index is 10.9. The van der Waals surface area contributed by atoms with Gasteiger partial charge in [-0.15, -0.1) is 0 Å². The molecule has 0 saturated heterocycles. The van der Waals surface area contributed by atoms with E-state index in [9.17, 15) is 4.79 Å². The van der Waals surface area contributed by atoms with E-state index in [1.165, 1.54) is 13.2 Å². The van der Waals surface area contributed by atoms with Gasteiger partial charge in [-0.2, -0.15) is 0 Å². The Bertz CT molecular complexity index is 427. The zero-order valence-electron chi connectivity index (χ0n) is 10.2. The zero-order chi connectivity index (χ0) is 14.3. The highest BCUT2D eigenvalue weighted by Gasteiger charge is 2.36. The fraction of sp³-hybridized carbons (Fsp3) is 0.308. The lowest BCUT2D eigenvalue weighted by Gasteiger charge is -2.22. The van der Waals surface area contributed by atoms with E-state index in [1.807, 2.05) is 30.3 Å². The summed E-state index contributed by atoms with van der Waals surface area (Å²) in [4.78, 5) is 10.9. The molecular formula is C13H13Cl3O3. The molecule has 0 aliphatic rings. The van der Waals surface area contributed by atoms with E-state index in [4.69, 9.17) is 44.3 Å². The highest BCUT2D eigenvalue weighted by molar-refractivity contribution is 6.68. The molecule has 1 aromatic carbocycles. The third-order valence-corrected chi connectivity index (χ3v) is 2.57. The van der Waals surface area contributed by atoms with Gasteiger partial charge < -0.3 is 9.47 Å². The minimum atomic E-state index is -1.84. The summed E-state index contributed by atoms with van der Waals surface area (Å²) >= 11 is 16.9. The lowest BCUT2D eigenvalue weighted by Crippen LogP contribution is -2.31. The number of carbonyl (C=O) groups is 1. The highest BCUT2D eigenvalue weighted by Crippen LogP contribution is 2.33. The number of carbonyl (C=O) groups excluding carboxylic acids is 1. The van der Waals surface area contributed by atoms with Crippen molar-refractivity contribution in [3.05, 3.63) is 48.2 Å². The number of benzene rings is 1. The molecule has 0 radical (unpaired) electrons. The Kier molecular flexibility index (Phi) is 6.49. The maximum absolute atomic E-state index is 10.9. The van der Waals surface area contributed by atoms with Gasteiger partial charge >= 0.3 is 5.97 Å². The van der Waals surface area contributed by atoms with Crippen molar-refractivity contribution >= 4 is 40.8 Å². The van der Waals surface area contributed by atoms with Crippen LogP contribution in [0, 0.1) is 0 Å². The summed E-state index contributed by atoms with van der Waals surface area (Å²) in [5, 5.41) is 0. The molecule has 0 aliphatic carbocycles. The number of alkyl halides is 3. The summed E-state index contributed by atoms with van der Waals surface area (Å²) in [6.07, 6.45) is 2.47. The lowest BCUT2D eigenvalue weighted by atomic mass is 10.2. The SMILES string of the molecule is CC(=O)OC(O/C=C/Cc1ccccc1)C(Cl)(Cl)Cl. The van der Waals surface area contributed by atoms with E-state index in [2.05, 4.69) is 0 Å². The normalized spacial score (nSPS) is 13.3. The van der Waals surface area contributed by atoms with Crippen molar-refractivity contribution in [3.63, 3.8) is 0 Å². The summed E-state index contributed by atoms with van der Waals surface area (Å²) in [6.45, 7) is 1.21. The van der Waals surface area contributed by atoms with Crippen LogP contribution in [0.15, 0.2) is 42.7 Å². The fourth-order valence-corrected chi connectivity index (χ4v) is 1.54. The molecule has 1 aromatic rings. The molecule has 0 spiro atoms. The molecule has 19 heavy (non-hydrogen) atoms. The maximum Gasteiger partial charge on any atom is 0.305 e. The largest absolute Gasteiger partial charge is 0.458 e.